The zero-order valence-corrected chi connectivity index (χ0v) is 22.2. The van der Waals surface area contributed by atoms with Gasteiger partial charge < -0.3 is 15.0 Å². The maximum atomic E-state index is 13.2. The molecule has 200 valence electrons. The molecular weight excluding hydrogens is 520 g/mol. The lowest BCUT2D eigenvalue weighted by atomic mass is 9.96. The second-order valence-electron chi connectivity index (χ2n) is 9.19. The number of anilines is 2. The molecule has 0 saturated heterocycles. The number of ether oxygens (including phenoxy) is 1. The molecule has 1 aliphatic heterocycles. The molecule has 12 heteroatoms. The van der Waals surface area contributed by atoms with Crippen molar-refractivity contribution >= 4 is 44.4 Å². The fourth-order valence-corrected chi connectivity index (χ4v) is 5.30. The van der Waals surface area contributed by atoms with Gasteiger partial charge in [-0.05, 0) is 50.4 Å². The smallest absolute Gasteiger partial charge is 0.339 e. The largest absolute Gasteiger partial charge is 0.452 e. The average Bonchev–Trinajstić information content (AvgIpc) is 2.90. The second-order valence-corrected chi connectivity index (χ2v) is 10.9. The van der Waals surface area contributed by atoms with Gasteiger partial charge in [-0.15, -0.1) is 0 Å². The Morgan fingerprint density at radius 3 is 2.59 bits per heavy atom. The first-order valence-corrected chi connectivity index (χ1v) is 13.7. The van der Waals surface area contributed by atoms with Crippen molar-refractivity contribution in [1.29, 1.82) is 0 Å². The number of fused-ring (bicyclic) bond motifs is 2. The van der Waals surface area contributed by atoms with Crippen LogP contribution in [0.15, 0.2) is 65.7 Å². The monoisotopic (exact) mass is 546 g/mol. The Balaban J connectivity index is 1.25. The Morgan fingerprint density at radius 1 is 1.05 bits per heavy atom. The van der Waals surface area contributed by atoms with E-state index in [1.165, 1.54) is 30.5 Å². The van der Waals surface area contributed by atoms with Crippen LogP contribution in [0.1, 0.15) is 27.3 Å². The van der Waals surface area contributed by atoms with Crippen molar-refractivity contribution < 1.29 is 22.7 Å². The topological polar surface area (TPSA) is 143 Å². The standard InChI is InChI=1S/C27H26N6O5S/c1-17-11-13-28-27(29-17)32-39(36,37)19-9-7-18(8-10-19)30-24(34)16-38-26(35)25-20-5-3-4-6-22(20)31-23-12-14-33(2)15-21(23)25/h3-11,13H,12,14-16H2,1-2H3,(H,30,34)(H,28,29,32). The number of likely N-dealkylation sites (N-methyl/N-ethyl adjacent to an activating group) is 1. The van der Waals surface area contributed by atoms with E-state index in [2.05, 4.69) is 24.9 Å². The lowest BCUT2D eigenvalue weighted by Gasteiger charge is -2.26. The second kappa shape index (κ2) is 10.8. The van der Waals surface area contributed by atoms with Crippen LogP contribution in [0.2, 0.25) is 0 Å². The molecule has 0 aliphatic carbocycles. The fourth-order valence-electron chi connectivity index (χ4n) is 4.35. The molecule has 0 fully saturated rings. The van der Waals surface area contributed by atoms with Crippen molar-refractivity contribution in [3.63, 3.8) is 0 Å². The van der Waals surface area contributed by atoms with E-state index in [0.29, 0.717) is 34.4 Å². The summed E-state index contributed by atoms with van der Waals surface area (Å²) in [7, 11) is -1.95. The van der Waals surface area contributed by atoms with Crippen LogP contribution in [0.25, 0.3) is 10.9 Å². The van der Waals surface area contributed by atoms with E-state index in [-0.39, 0.29) is 10.8 Å². The SMILES string of the molecule is Cc1ccnc(NS(=O)(=O)c2ccc(NC(=O)COC(=O)c3c4c(nc5ccccc35)CCN(C)C4)cc2)n1. The van der Waals surface area contributed by atoms with Gasteiger partial charge in [-0.1, -0.05) is 18.2 Å². The highest BCUT2D eigenvalue weighted by Crippen LogP contribution is 2.28. The van der Waals surface area contributed by atoms with Gasteiger partial charge in [0.2, 0.25) is 5.95 Å². The van der Waals surface area contributed by atoms with Gasteiger partial charge in [-0.3, -0.25) is 9.78 Å². The summed E-state index contributed by atoms with van der Waals surface area (Å²) in [6, 6.07) is 14.6. The van der Waals surface area contributed by atoms with Gasteiger partial charge in [-0.2, -0.15) is 0 Å². The minimum atomic E-state index is -3.92. The van der Waals surface area contributed by atoms with Crippen LogP contribution < -0.4 is 10.0 Å². The van der Waals surface area contributed by atoms with Crippen molar-refractivity contribution in [3.8, 4) is 0 Å². The molecule has 2 aromatic carbocycles. The number of benzene rings is 2. The molecule has 0 bridgehead atoms. The van der Waals surface area contributed by atoms with Crippen molar-refractivity contribution in [2.24, 2.45) is 0 Å². The quantitative estimate of drug-likeness (QED) is 0.334. The Labute approximate surface area is 225 Å². The summed E-state index contributed by atoms with van der Waals surface area (Å²) in [5.41, 5.74) is 3.77. The number of nitrogens with zero attached hydrogens (tertiary/aromatic N) is 4. The number of hydrogen-bond acceptors (Lipinski definition) is 9. The first-order valence-electron chi connectivity index (χ1n) is 12.2. The summed E-state index contributed by atoms with van der Waals surface area (Å²) in [4.78, 5) is 40.5. The third-order valence-electron chi connectivity index (χ3n) is 6.24. The maximum absolute atomic E-state index is 13.2. The normalized spacial score (nSPS) is 13.5. The molecule has 4 aromatic rings. The van der Waals surface area contributed by atoms with Crippen LogP contribution in [-0.4, -0.2) is 60.3 Å². The van der Waals surface area contributed by atoms with Crippen molar-refractivity contribution in [2.45, 2.75) is 24.8 Å². The Morgan fingerprint density at radius 2 is 1.82 bits per heavy atom. The maximum Gasteiger partial charge on any atom is 0.339 e. The Bertz CT molecular complexity index is 1670. The number of para-hydroxylation sites is 1. The van der Waals surface area contributed by atoms with E-state index in [1.54, 1.807) is 13.0 Å². The fraction of sp³-hybridized carbons (Fsp3) is 0.222. The van der Waals surface area contributed by atoms with E-state index in [9.17, 15) is 18.0 Å². The lowest BCUT2D eigenvalue weighted by Crippen LogP contribution is -2.30. The molecule has 3 heterocycles. The number of sulfonamides is 1. The van der Waals surface area contributed by atoms with E-state index >= 15 is 0 Å². The number of nitrogens with one attached hydrogen (secondary N) is 2. The van der Waals surface area contributed by atoms with Gasteiger partial charge in [-0.25, -0.2) is 27.9 Å². The van der Waals surface area contributed by atoms with E-state index in [4.69, 9.17) is 9.72 Å². The number of pyridine rings is 1. The summed E-state index contributed by atoms with van der Waals surface area (Å²) >= 11 is 0. The minimum Gasteiger partial charge on any atom is -0.452 e. The first kappa shape index (κ1) is 26.2. The molecular formula is C27H26N6O5S. The van der Waals surface area contributed by atoms with Gasteiger partial charge in [0, 0.05) is 53.7 Å². The molecule has 2 N–H and O–H groups in total. The number of carbonyl (C=O) groups is 2. The van der Waals surface area contributed by atoms with Crippen molar-refractivity contribution in [3.05, 3.63) is 83.3 Å². The average molecular weight is 547 g/mol. The van der Waals surface area contributed by atoms with Crippen LogP contribution >= 0.6 is 0 Å². The summed E-state index contributed by atoms with van der Waals surface area (Å²) in [5, 5.41) is 3.29. The number of aromatic nitrogens is 3. The summed E-state index contributed by atoms with van der Waals surface area (Å²) in [6.45, 7) is 2.61. The highest BCUT2D eigenvalue weighted by atomic mass is 32.2. The van der Waals surface area contributed by atoms with Gasteiger partial charge in [0.25, 0.3) is 15.9 Å². The molecule has 0 spiro atoms. The first-order chi connectivity index (χ1) is 18.7. The molecule has 2 aromatic heterocycles. The third kappa shape index (κ3) is 5.86. The predicted octanol–water partition coefficient (Wildman–Crippen LogP) is 2.92. The molecule has 1 amide bonds. The number of rotatable bonds is 7. The zero-order valence-electron chi connectivity index (χ0n) is 21.3. The van der Waals surface area contributed by atoms with Gasteiger partial charge in [0.05, 0.1) is 16.0 Å². The van der Waals surface area contributed by atoms with E-state index < -0.39 is 28.5 Å². The molecule has 0 atom stereocenters. The van der Waals surface area contributed by atoms with Crippen molar-refractivity contribution in [2.75, 3.05) is 30.2 Å². The number of esters is 1. The molecule has 0 radical (unpaired) electrons. The molecule has 0 unspecified atom stereocenters. The lowest BCUT2D eigenvalue weighted by molar-refractivity contribution is -0.119. The number of carbonyl (C=O) groups excluding carboxylic acids is 2. The molecule has 39 heavy (non-hydrogen) atoms. The number of aryl methyl sites for hydroxylation is 1. The summed E-state index contributed by atoms with van der Waals surface area (Å²) in [5.74, 6) is -1.19. The minimum absolute atomic E-state index is 0.0312. The van der Waals surface area contributed by atoms with Crippen LogP contribution in [0.4, 0.5) is 11.6 Å². The van der Waals surface area contributed by atoms with Gasteiger partial charge in [0.15, 0.2) is 6.61 Å². The Hall–Kier alpha value is -4.42. The Kier molecular flexibility index (Phi) is 7.22. The third-order valence-corrected chi connectivity index (χ3v) is 7.59. The highest BCUT2D eigenvalue weighted by Gasteiger charge is 2.26. The molecule has 0 saturated carbocycles. The summed E-state index contributed by atoms with van der Waals surface area (Å²) < 4.78 is 33.0. The summed E-state index contributed by atoms with van der Waals surface area (Å²) in [6.07, 6.45) is 2.17. The van der Waals surface area contributed by atoms with Crippen LogP contribution in [0.5, 0.6) is 0 Å². The van der Waals surface area contributed by atoms with E-state index in [1.807, 2.05) is 31.3 Å². The van der Waals surface area contributed by atoms with Crippen LogP contribution in [0.3, 0.4) is 0 Å². The van der Waals surface area contributed by atoms with Gasteiger partial charge in [0.1, 0.15) is 0 Å². The van der Waals surface area contributed by atoms with Crippen molar-refractivity contribution in [1.82, 2.24) is 19.9 Å². The molecule has 11 nitrogen and oxygen atoms in total. The number of hydrogen-bond donors (Lipinski definition) is 2. The number of amides is 1. The zero-order chi connectivity index (χ0) is 27.6. The van der Waals surface area contributed by atoms with E-state index in [0.717, 1.165) is 24.2 Å². The van der Waals surface area contributed by atoms with Gasteiger partial charge >= 0.3 is 5.97 Å². The molecule has 1 aliphatic rings. The predicted molar refractivity (Wildman–Crippen MR) is 145 cm³/mol. The highest BCUT2D eigenvalue weighted by molar-refractivity contribution is 7.92. The molecule has 5 rings (SSSR count). The van der Waals surface area contributed by atoms with Crippen LogP contribution in [0, 0.1) is 6.92 Å². The van der Waals surface area contributed by atoms with Crippen LogP contribution in [-0.2, 0) is 32.5 Å².